The summed E-state index contributed by atoms with van der Waals surface area (Å²) < 4.78 is 5.89. The van der Waals surface area contributed by atoms with Crippen LogP contribution in [0.3, 0.4) is 0 Å². The molecule has 24 heavy (non-hydrogen) atoms. The second kappa shape index (κ2) is 10.0. The number of nitrogens with zero attached hydrogens (tertiary/aromatic N) is 1. The predicted octanol–water partition coefficient (Wildman–Crippen LogP) is 3.41. The third-order valence-electron chi connectivity index (χ3n) is 4.53. The van der Waals surface area contributed by atoms with Crippen LogP contribution in [0.15, 0.2) is 30.3 Å². The van der Waals surface area contributed by atoms with Gasteiger partial charge in [-0.05, 0) is 24.3 Å². The molecule has 2 N–H and O–H groups in total. The van der Waals surface area contributed by atoms with Gasteiger partial charge in [0.15, 0.2) is 0 Å². The Labute approximate surface area is 152 Å². The van der Waals surface area contributed by atoms with Crippen molar-refractivity contribution in [3.05, 3.63) is 35.9 Å². The smallest absolute Gasteiger partial charge is 0.227 e. The van der Waals surface area contributed by atoms with E-state index >= 15 is 0 Å². The van der Waals surface area contributed by atoms with E-state index in [0.29, 0.717) is 12.0 Å². The van der Waals surface area contributed by atoms with E-state index in [0.717, 1.165) is 38.1 Å². The molecule has 1 saturated heterocycles. The standard InChI is InChI=1S/C19H30N2O2.ClH/c1-14(2)13-23-17-9-11-21(12-10-17)19(22)15(3)18(20)16-7-5-4-6-8-16;/h4-8,14-15,17-18H,9-13,20H2,1-3H3;1H. The number of carbonyl (C=O) groups is 1. The van der Waals surface area contributed by atoms with Gasteiger partial charge in [0.2, 0.25) is 5.91 Å². The minimum atomic E-state index is -0.251. The second-order valence-electron chi connectivity index (χ2n) is 6.98. The topological polar surface area (TPSA) is 55.6 Å². The van der Waals surface area contributed by atoms with Crippen LogP contribution in [0.25, 0.3) is 0 Å². The third-order valence-corrected chi connectivity index (χ3v) is 4.53. The molecule has 0 aliphatic carbocycles. The molecule has 1 aromatic rings. The quantitative estimate of drug-likeness (QED) is 0.851. The van der Waals surface area contributed by atoms with Crippen molar-refractivity contribution in [2.45, 2.75) is 45.8 Å². The molecule has 2 atom stereocenters. The van der Waals surface area contributed by atoms with E-state index in [1.54, 1.807) is 0 Å². The molecule has 0 bridgehead atoms. The molecule has 1 amide bonds. The van der Waals surface area contributed by atoms with Crippen LogP contribution in [0.4, 0.5) is 0 Å². The summed E-state index contributed by atoms with van der Waals surface area (Å²) >= 11 is 0. The molecular formula is C19H31ClN2O2. The second-order valence-corrected chi connectivity index (χ2v) is 6.98. The highest BCUT2D eigenvalue weighted by atomic mass is 35.5. The molecule has 4 nitrogen and oxygen atoms in total. The van der Waals surface area contributed by atoms with Crippen molar-refractivity contribution in [3.8, 4) is 0 Å². The molecule has 0 aromatic heterocycles. The van der Waals surface area contributed by atoms with Crippen LogP contribution >= 0.6 is 12.4 Å². The number of amides is 1. The number of halogens is 1. The summed E-state index contributed by atoms with van der Waals surface area (Å²) in [5, 5.41) is 0. The van der Waals surface area contributed by atoms with E-state index in [1.807, 2.05) is 42.2 Å². The van der Waals surface area contributed by atoms with Gasteiger partial charge < -0.3 is 15.4 Å². The number of benzene rings is 1. The molecule has 2 rings (SSSR count). The lowest BCUT2D eigenvalue weighted by Gasteiger charge is -2.35. The van der Waals surface area contributed by atoms with Crippen LogP contribution in [0.2, 0.25) is 0 Å². The van der Waals surface area contributed by atoms with Gasteiger partial charge in [0, 0.05) is 25.7 Å². The summed E-state index contributed by atoms with van der Waals surface area (Å²) in [6.45, 7) is 8.59. The lowest BCUT2D eigenvalue weighted by molar-refractivity contribution is -0.138. The van der Waals surface area contributed by atoms with Crippen LogP contribution in [0.5, 0.6) is 0 Å². The molecule has 136 valence electrons. The van der Waals surface area contributed by atoms with Gasteiger partial charge in [-0.1, -0.05) is 51.1 Å². The maximum atomic E-state index is 12.7. The highest BCUT2D eigenvalue weighted by molar-refractivity contribution is 5.85. The van der Waals surface area contributed by atoms with E-state index in [4.69, 9.17) is 10.5 Å². The maximum absolute atomic E-state index is 12.7. The van der Waals surface area contributed by atoms with Crippen molar-refractivity contribution >= 4 is 18.3 Å². The van der Waals surface area contributed by atoms with Crippen molar-refractivity contribution in [2.75, 3.05) is 19.7 Å². The fraction of sp³-hybridized carbons (Fsp3) is 0.632. The van der Waals surface area contributed by atoms with Crippen LogP contribution < -0.4 is 5.73 Å². The zero-order valence-corrected chi connectivity index (χ0v) is 15.8. The van der Waals surface area contributed by atoms with Crippen LogP contribution in [0, 0.1) is 11.8 Å². The van der Waals surface area contributed by atoms with Crippen LogP contribution in [-0.2, 0) is 9.53 Å². The zero-order chi connectivity index (χ0) is 16.8. The summed E-state index contributed by atoms with van der Waals surface area (Å²) in [5.74, 6) is 0.507. The molecule has 5 heteroatoms. The normalized spacial score (nSPS) is 18.1. The van der Waals surface area contributed by atoms with E-state index in [2.05, 4.69) is 13.8 Å². The van der Waals surface area contributed by atoms with Gasteiger partial charge in [0.25, 0.3) is 0 Å². The Bertz CT molecular complexity index is 487. The van der Waals surface area contributed by atoms with E-state index in [-0.39, 0.29) is 30.3 Å². The van der Waals surface area contributed by atoms with Crippen molar-refractivity contribution in [2.24, 2.45) is 17.6 Å². The maximum Gasteiger partial charge on any atom is 0.227 e. The Balaban J connectivity index is 0.00000288. The molecule has 1 aliphatic rings. The monoisotopic (exact) mass is 354 g/mol. The number of rotatable bonds is 6. The Morgan fingerprint density at radius 1 is 1.21 bits per heavy atom. The van der Waals surface area contributed by atoms with Crippen LogP contribution in [0.1, 0.15) is 45.2 Å². The molecule has 1 heterocycles. The zero-order valence-electron chi connectivity index (χ0n) is 15.0. The summed E-state index contributed by atoms with van der Waals surface area (Å²) in [4.78, 5) is 14.6. The SMILES string of the molecule is CC(C)COC1CCN(C(=O)C(C)C(N)c2ccccc2)CC1.Cl. The number of ether oxygens (including phenoxy) is 1. The number of hydrogen-bond acceptors (Lipinski definition) is 3. The lowest BCUT2D eigenvalue weighted by atomic mass is 9.93. The van der Waals surface area contributed by atoms with Gasteiger partial charge in [-0.3, -0.25) is 4.79 Å². The molecule has 1 aromatic carbocycles. The van der Waals surface area contributed by atoms with Gasteiger partial charge in [-0.15, -0.1) is 12.4 Å². The summed E-state index contributed by atoms with van der Waals surface area (Å²) in [6.07, 6.45) is 2.14. The van der Waals surface area contributed by atoms with Gasteiger partial charge in [0.05, 0.1) is 12.0 Å². The van der Waals surface area contributed by atoms with Crippen molar-refractivity contribution in [1.82, 2.24) is 4.90 Å². The van der Waals surface area contributed by atoms with E-state index in [9.17, 15) is 4.79 Å². The fourth-order valence-corrected chi connectivity index (χ4v) is 2.98. The molecule has 1 aliphatic heterocycles. The molecular weight excluding hydrogens is 324 g/mol. The average Bonchev–Trinajstić information content (AvgIpc) is 2.59. The number of hydrogen-bond donors (Lipinski definition) is 1. The van der Waals surface area contributed by atoms with Crippen molar-refractivity contribution < 1.29 is 9.53 Å². The lowest BCUT2D eigenvalue weighted by Crippen LogP contribution is -2.45. The fourth-order valence-electron chi connectivity index (χ4n) is 2.98. The first kappa shape index (κ1) is 20.9. The van der Waals surface area contributed by atoms with Crippen LogP contribution in [-0.4, -0.2) is 36.6 Å². The summed E-state index contributed by atoms with van der Waals surface area (Å²) in [5.41, 5.74) is 7.30. The highest BCUT2D eigenvalue weighted by Crippen LogP contribution is 2.23. The Morgan fingerprint density at radius 2 is 1.79 bits per heavy atom. The number of piperidine rings is 1. The number of likely N-dealkylation sites (tertiary alicyclic amines) is 1. The summed E-state index contributed by atoms with van der Waals surface area (Å²) in [7, 11) is 0. The summed E-state index contributed by atoms with van der Waals surface area (Å²) in [6, 6.07) is 9.61. The molecule has 0 saturated carbocycles. The van der Waals surface area contributed by atoms with Crippen molar-refractivity contribution in [1.29, 1.82) is 0 Å². The van der Waals surface area contributed by atoms with Gasteiger partial charge in [-0.2, -0.15) is 0 Å². The highest BCUT2D eigenvalue weighted by Gasteiger charge is 2.29. The van der Waals surface area contributed by atoms with Gasteiger partial charge in [0.1, 0.15) is 0 Å². The molecule has 2 unspecified atom stereocenters. The third kappa shape index (κ3) is 5.76. The van der Waals surface area contributed by atoms with Gasteiger partial charge in [-0.25, -0.2) is 0 Å². The molecule has 1 fully saturated rings. The minimum absolute atomic E-state index is 0. The first-order chi connectivity index (χ1) is 11.0. The van der Waals surface area contributed by atoms with E-state index < -0.39 is 0 Å². The van der Waals surface area contributed by atoms with E-state index in [1.165, 1.54) is 0 Å². The molecule has 0 spiro atoms. The first-order valence-corrected chi connectivity index (χ1v) is 8.70. The molecule has 0 radical (unpaired) electrons. The Hall–Kier alpha value is -1.10. The Kier molecular flexibility index (Phi) is 8.74. The first-order valence-electron chi connectivity index (χ1n) is 8.70. The minimum Gasteiger partial charge on any atom is -0.378 e. The Morgan fingerprint density at radius 3 is 2.33 bits per heavy atom. The largest absolute Gasteiger partial charge is 0.378 e. The average molecular weight is 355 g/mol. The number of carbonyl (C=O) groups excluding carboxylic acids is 1. The predicted molar refractivity (Wildman–Crippen MR) is 100 cm³/mol. The number of nitrogens with two attached hydrogens (primary N) is 1. The van der Waals surface area contributed by atoms with Crippen molar-refractivity contribution in [3.63, 3.8) is 0 Å². The van der Waals surface area contributed by atoms with Gasteiger partial charge >= 0.3 is 0 Å².